The van der Waals surface area contributed by atoms with E-state index in [1.165, 1.54) is 0 Å². The van der Waals surface area contributed by atoms with Crippen molar-refractivity contribution in [3.63, 3.8) is 0 Å². The number of amides is 1. The van der Waals surface area contributed by atoms with Crippen molar-refractivity contribution in [3.8, 4) is 0 Å². The molecular weight excluding hydrogens is 258 g/mol. The van der Waals surface area contributed by atoms with E-state index in [2.05, 4.69) is 15.9 Å². The number of aliphatic hydroxyl groups is 1. The number of aliphatic hydroxyl groups excluding tert-OH is 1. The molecule has 0 aromatic heterocycles. The smallest absolute Gasteiger partial charge is 0.217 e. The maximum Gasteiger partial charge on any atom is 0.217 e. The van der Waals surface area contributed by atoms with Crippen molar-refractivity contribution in [3.05, 3.63) is 0 Å². The molecule has 0 saturated heterocycles. The summed E-state index contributed by atoms with van der Waals surface area (Å²) in [6.45, 7) is 4.09. The van der Waals surface area contributed by atoms with Gasteiger partial charge in [-0.15, -0.1) is 0 Å². The van der Waals surface area contributed by atoms with Crippen LogP contribution in [0.2, 0.25) is 0 Å². The molecule has 0 aromatic carbocycles. The van der Waals surface area contributed by atoms with E-state index in [4.69, 9.17) is 5.73 Å². The highest BCUT2D eigenvalue weighted by Gasteiger charge is 2.68. The van der Waals surface area contributed by atoms with Crippen LogP contribution in [0.25, 0.3) is 0 Å². The first-order valence-electron chi connectivity index (χ1n) is 5.39. The number of fused-ring (bicyclic) bond motifs is 2. The average molecular weight is 276 g/mol. The molecule has 0 aliphatic heterocycles. The minimum atomic E-state index is -0.391. The molecule has 3 N–H and O–H groups in total. The molecule has 0 spiro atoms. The second-order valence-corrected chi connectivity index (χ2v) is 7.34. The van der Waals surface area contributed by atoms with Gasteiger partial charge in [-0.1, -0.05) is 29.8 Å². The topological polar surface area (TPSA) is 63.3 Å². The minimum absolute atomic E-state index is 0.109. The Balaban J connectivity index is 2.37. The summed E-state index contributed by atoms with van der Waals surface area (Å²) >= 11 is 3.65. The summed E-state index contributed by atoms with van der Waals surface area (Å²) in [6.07, 6.45) is 2.77. The SMILES string of the molecule is CC1(C)[C@H](O)[C@]2(Br)CC[C@@]1(CC(N)=O)C2. The van der Waals surface area contributed by atoms with Crippen molar-refractivity contribution >= 4 is 21.8 Å². The number of alkyl halides is 1. The predicted molar refractivity (Wildman–Crippen MR) is 61.5 cm³/mol. The van der Waals surface area contributed by atoms with Gasteiger partial charge in [0.05, 0.1) is 10.4 Å². The summed E-state index contributed by atoms with van der Waals surface area (Å²) in [5, 5.41) is 10.3. The molecule has 3 atom stereocenters. The van der Waals surface area contributed by atoms with Crippen molar-refractivity contribution in [2.45, 2.75) is 50.0 Å². The Kier molecular flexibility index (Phi) is 2.26. The van der Waals surface area contributed by atoms with Crippen LogP contribution in [-0.4, -0.2) is 21.4 Å². The third kappa shape index (κ3) is 1.30. The maximum absolute atomic E-state index is 11.2. The van der Waals surface area contributed by atoms with Crippen molar-refractivity contribution in [2.24, 2.45) is 16.6 Å². The highest BCUT2D eigenvalue weighted by molar-refractivity contribution is 9.10. The van der Waals surface area contributed by atoms with Gasteiger partial charge in [-0.3, -0.25) is 4.79 Å². The highest BCUT2D eigenvalue weighted by atomic mass is 79.9. The number of carbonyl (C=O) groups is 1. The Morgan fingerprint density at radius 1 is 1.53 bits per heavy atom. The molecule has 2 fully saturated rings. The molecule has 2 saturated carbocycles. The highest BCUT2D eigenvalue weighted by Crippen LogP contribution is 2.69. The second kappa shape index (κ2) is 2.98. The van der Waals surface area contributed by atoms with Crippen LogP contribution in [0.3, 0.4) is 0 Å². The fourth-order valence-electron chi connectivity index (χ4n) is 3.62. The van der Waals surface area contributed by atoms with Crippen LogP contribution in [0, 0.1) is 10.8 Å². The van der Waals surface area contributed by atoms with Crippen LogP contribution in [0.4, 0.5) is 0 Å². The van der Waals surface area contributed by atoms with Gasteiger partial charge in [0.2, 0.25) is 5.91 Å². The minimum Gasteiger partial charge on any atom is -0.391 e. The van der Waals surface area contributed by atoms with Gasteiger partial charge in [0.1, 0.15) is 0 Å². The van der Waals surface area contributed by atoms with Gasteiger partial charge >= 0.3 is 0 Å². The van der Waals surface area contributed by atoms with Crippen molar-refractivity contribution in [1.29, 1.82) is 0 Å². The molecule has 2 bridgehead atoms. The van der Waals surface area contributed by atoms with E-state index in [1.807, 2.05) is 13.8 Å². The van der Waals surface area contributed by atoms with E-state index in [1.54, 1.807) is 0 Å². The lowest BCUT2D eigenvalue weighted by Crippen LogP contribution is -2.47. The zero-order valence-electron chi connectivity index (χ0n) is 9.22. The number of nitrogens with two attached hydrogens (primary N) is 1. The molecular formula is C11H18BrNO2. The molecule has 2 aliphatic carbocycles. The molecule has 0 heterocycles. The summed E-state index contributed by atoms with van der Waals surface area (Å²) in [4.78, 5) is 11.2. The van der Waals surface area contributed by atoms with Gasteiger partial charge in [-0.2, -0.15) is 0 Å². The first-order valence-corrected chi connectivity index (χ1v) is 6.18. The summed E-state index contributed by atoms with van der Waals surface area (Å²) in [7, 11) is 0. The van der Waals surface area contributed by atoms with Crippen LogP contribution >= 0.6 is 15.9 Å². The maximum atomic E-state index is 11.2. The normalized spacial score (nSPS) is 47.1. The van der Waals surface area contributed by atoms with Gasteiger partial charge in [-0.05, 0) is 30.1 Å². The monoisotopic (exact) mass is 275 g/mol. The van der Waals surface area contributed by atoms with E-state index in [0.29, 0.717) is 6.42 Å². The summed E-state index contributed by atoms with van der Waals surface area (Å²) in [5.74, 6) is -0.256. The zero-order chi connectivity index (χ0) is 11.5. The van der Waals surface area contributed by atoms with Crippen molar-refractivity contribution < 1.29 is 9.90 Å². The van der Waals surface area contributed by atoms with Crippen molar-refractivity contribution in [1.82, 2.24) is 0 Å². The molecule has 0 radical (unpaired) electrons. The van der Waals surface area contributed by atoms with Crippen LogP contribution in [-0.2, 0) is 4.79 Å². The first kappa shape index (κ1) is 11.4. The van der Waals surface area contributed by atoms with Gasteiger partial charge in [0, 0.05) is 6.42 Å². The fraction of sp³-hybridized carbons (Fsp3) is 0.909. The lowest BCUT2D eigenvalue weighted by atomic mass is 9.62. The lowest BCUT2D eigenvalue weighted by Gasteiger charge is -2.45. The number of primary amides is 1. The summed E-state index contributed by atoms with van der Waals surface area (Å²) < 4.78 is -0.189. The Bertz CT molecular complexity index is 318. The van der Waals surface area contributed by atoms with E-state index in [9.17, 15) is 9.90 Å². The number of carbonyl (C=O) groups excluding carboxylic acids is 1. The average Bonchev–Trinajstić information content (AvgIpc) is 2.48. The molecule has 2 rings (SSSR count). The van der Waals surface area contributed by atoms with Crippen LogP contribution < -0.4 is 5.73 Å². The third-order valence-corrected chi connectivity index (χ3v) is 5.82. The number of rotatable bonds is 2. The standard InChI is InChI=1S/C11H18BrNO2/c1-9(2)8(15)11(12)4-3-10(9,6-11)5-7(13)14/h8,15H,3-6H2,1-2H3,(H2,13,14)/t8-,10+,11-/m0/s1. The van der Waals surface area contributed by atoms with E-state index < -0.39 is 6.10 Å². The zero-order valence-corrected chi connectivity index (χ0v) is 10.8. The van der Waals surface area contributed by atoms with Gasteiger partial charge in [-0.25, -0.2) is 0 Å². The van der Waals surface area contributed by atoms with Crippen molar-refractivity contribution in [2.75, 3.05) is 0 Å². The molecule has 4 heteroatoms. The summed E-state index contributed by atoms with van der Waals surface area (Å²) in [6, 6.07) is 0. The first-order chi connectivity index (χ1) is 6.74. The molecule has 86 valence electrons. The van der Waals surface area contributed by atoms with Gasteiger partial charge in [0.15, 0.2) is 0 Å². The molecule has 1 amide bonds. The van der Waals surface area contributed by atoms with E-state index >= 15 is 0 Å². The number of halogens is 1. The van der Waals surface area contributed by atoms with Gasteiger partial charge < -0.3 is 10.8 Å². The third-order valence-electron chi connectivity index (χ3n) is 4.70. The fourth-order valence-corrected chi connectivity index (χ4v) is 4.93. The van der Waals surface area contributed by atoms with Crippen LogP contribution in [0.5, 0.6) is 0 Å². The Morgan fingerprint density at radius 2 is 2.13 bits per heavy atom. The van der Waals surface area contributed by atoms with Crippen LogP contribution in [0.15, 0.2) is 0 Å². The molecule has 0 aromatic rings. The predicted octanol–water partition coefficient (Wildman–Crippen LogP) is 1.57. The second-order valence-electron chi connectivity index (χ2n) is 5.76. The molecule has 3 nitrogen and oxygen atoms in total. The van der Waals surface area contributed by atoms with Crippen LogP contribution in [0.1, 0.15) is 39.5 Å². The quantitative estimate of drug-likeness (QED) is 0.752. The molecule has 2 aliphatic rings. The Labute approximate surface area is 98.5 Å². The molecule has 15 heavy (non-hydrogen) atoms. The number of hydrogen-bond donors (Lipinski definition) is 2. The summed E-state index contributed by atoms with van der Waals surface area (Å²) in [5.41, 5.74) is 4.98. The largest absolute Gasteiger partial charge is 0.391 e. The lowest BCUT2D eigenvalue weighted by molar-refractivity contribution is -0.123. The van der Waals surface area contributed by atoms with E-state index in [0.717, 1.165) is 19.3 Å². The molecule has 0 unspecified atom stereocenters. The Morgan fingerprint density at radius 3 is 2.53 bits per heavy atom. The van der Waals surface area contributed by atoms with Gasteiger partial charge in [0.25, 0.3) is 0 Å². The number of hydrogen-bond acceptors (Lipinski definition) is 2. The van der Waals surface area contributed by atoms with E-state index in [-0.39, 0.29) is 21.1 Å². The Hall–Kier alpha value is -0.0900.